The fourth-order valence-corrected chi connectivity index (χ4v) is 3.54. The van der Waals surface area contributed by atoms with Gasteiger partial charge in [0.2, 0.25) is 0 Å². The van der Waals surface area contributed by atoms with Crippen LogP contribution in [0.4, 0.5) is 0 Å². The van der Waals surface area contributed by atoms with Gasteiger partial charge in [-0.25, -0.2) is 0 Å². The SMILES string of the molecule is COCC(O)CN1CCC(NC(C)c2cc(C)cc(C)c2)CC1. The number of rotatable bonds is 7. The first-order valence-corrected chi connectivity index (χ1v) is 8.71. The molecule has 0 spiro atoms. The molecule has 1 fully saturated rings. The second kappa shape index (κ2) is 8.78. The van der Waals surface area contributed by atoms with Crippen molar-refractivity contribution in [1.29, 1.82) is 0 Å². The summed E-state index contributed by atoms with van der Waals surface area (Å²) in [6, 6.07) is 7.72. The highest BCUT2D eigenvalue weighted by Crippen LogP contribution is 2.20. The van der Waals surface area contributed by atoms with Crippen molar-refractivity contribution < 1.29 is 9.84 Å². The average Bonchev–Trinajstić information content (AvgIpc) is 2.48. The zero-order valence-electron chi connectivity index (χ0n) is 15.0. The molecule has 0 amide bonds. The van der Waals surface area contributed by atoms with Crippen LogP contribution < -0.4 is 5.32 Å². The molecule has 0 bridgehead atoms. The van der Waals surface area contributed by atoms with E-state index in [-0.39, 0.29) is 6.10 Å². The smallest absolute Gasteiger partial charge is 0.0900 e. The van der Waals surface area contributed by atoms with E-state index < -0.39 is 0 Å². The van der Waals surface area contributed by atoms with Crippen molar-refractivity contribution in [2.24, 2.45) is 0 Å². The van der Waals surface area contributed by atoms with E-state index in [9.17, 15) is 5.11 Å². The topological polar surface area (TPSA) is 44.7 Å². The Morgan fingerprint density at radius 1 is 1.22 bits per heavy atom. The fraction of sp³-hybridized carbons (Fsp3) is 0.684. The summed E-state index contributed by atoms with van der Waals surface area (Å²) in [7, 11) is 1.63. The summed E-state index contributed by atoms with van der Waals surface area (Å²) in [6.07, 6.45) is 1.89. The number of benzene rings is 1. The van der Waals surface area contributed by atoms with E-state index in [1.54, 1.807) is 7.11 Å². The zero-order valence-corrected chi connectivity index (χ0v) is 15.0. The third-order valence-electron chi connectivity index (χ3n) is 4.65. The number of β-amino-alcohol motifs (C(OH)–C–C–N with tert-alkyl or cyclic N) is 1. The molecular formula is C19H32N2O2. The first-order chi connectivity index (χ1) is 11.0. The largest absolute Gasteiger partial charge is 0.389 e. The number of aliphatic hydroxyl groups excluding tert-OH is 1. The molecule has 4 nitrogen and oxygen atoms in total. The molecule has 2 atom stereocenters. The van der Waals surface area contributed by atoms with E-state index in [4.69, 9.17) is 4.74 Å². The predicted octanol–water partition coefficient (Wildman–Crippen LogP) is 2.43. The van der Waals surface area contributed by atoms with Crippen LogP contribution in [0.1, 0.15) is 42.5 Å². The Balaban J connectivity index is 1.79. The van der Waals surface area contributed by atoms with Crippen LogP contribution in [-0.4, -0.2) is 55.5 Å². The van der Waals surface area contributed by atoms with Gasteiger partial charge in [0, 0.05) is 25.7 Å². The van der Waals surface area contributed by atoms with Crippen molar-refractivity contribution >= 4 is 0 Å². The van der Waals surface area contributed by atoms with Crippen molar-refractivity contribution in [2.75, 3.05) is 33.4 Å². The van der Waals surface area contributed by atoms with Crippen molar-refractivity contribution in [3.63, 3.8) is 0 Å². The number of nitrogens with one attached hydrogen (secondary N) is 1. The molecular weight excluding hydrogens is 288 g/mol. The van der Waals surface area contributed by atoms with Crippen molar-refractivity contribution in [2.45, 2.75) is 51.8 Å². The molecule has 0 radical (unpaired) electrons. The van der Waals surface area contributed by atoms with Crippen LogP contribution in [0.5, 0.6) is 0 Å². The number of piperidine rings is 1. The molecule has 0 saturated carbocycles. The molecule has 1 heterocycles. The van der Waals surface area contributed by atoms with Gasteiger partial charge >= 0.3 is 0 Å². The number of hydrogen-bond donors (Lipinski definition) is 2. The molecule has 4 heteroatoms. The van der Waals surface area contributed by atoms with Gasteiger partial charge in [-0.15, -0.1) is 0 Å². The van der Waals surface area contributed by atoms with Crippen molar-refractivity contribution in [3.05, 3.63) is 34.9 Å². The van der Waals surface area contributed by atoms with Crippen LogP contribution in [0.15, 0.2) is 18.2 Å². The fourth-order valence-electron chi connectivity index (χ4n) is 3.54. The summed E-state index contributed by atoms with van der Waals surface area (Å²) < 4.78 is 5.00. The predicted molar refractivity (Wildman–Crippen MR) is 94.8 cm³/mol. The van der Waals surface area contributed by atoms with Gasteiger partial charge < -0.3 is 20.1 Å². The minimum absolute atomic E-state index is 0.376. The van der Waals surface area contributed by atoms with Crippen molar-refractivity contribution in [1.82, 2.24) is 10.2 Å². The Kier molecular flexibility index (Phi) is 7.03. The van der Waals surface area contributed by atoms with E-state index in [2.05, 4.69) is 49.2 Å². The number of likely N-dealkylation sites (tertiary alicyclic amines) is 1. The van der Waals surface area contributed by atoms with Crippen LogP contribution in [0.3, 0.4) is 0 Å². The molecule has 1 aliphatic heterocycles. The van der Waals surface area contributed by atoms with Gasteiger partial charge in [0.05, 0.1) is 12.7 Å². The van der Waals surface area contributed by atoms with Crippen LogP contribution in [-0.2, 0) is 4.74 Å². The molecule has 1 saturated heterocycles. The number of nitrogens with zero attached hydrogens (tertiary/aromatic N) is 1. The number of methoxy groups -OCH3 is 1. The van der Waals surface area contributed by atoms with Gasteiger partial charge in [0.15, 0.2) is 0 Å². The number of aliphatic hydroxyl groups is 1. The lowest BCUT2D eigenvalue weighted by Gasteiger charge is -2.35. The summed E-state index contributed by atoms with van der Waals surface area (Å²) in [5.41, 5.74) is 4.03. The monoisotopic (exact) mass is 320 g/mol. The van der Waals surface area contributed by atoms with E-state index in [1.165, 1.54) is 16.7 Å². The standard InChI is InChI=1S/C19H32N2O2/c1-14-9-15(2)11-17(10-14)16(3)20-18-5-7-21(8-6-18)12-19(22)13-23-4/h9-11,16,18-20,22H,5-8,12-13H2,1-4H3. The molecule has 1 aliphatic rings. The Morgan fingerprint density at radius 2 is 1.83 bits per heavy atom. The lowest BCUT2D eigenvalue weighted by atomic mass is 9.99. The average molecular weight is 320 g/mol. The van der Waals surface area contributed by atoms with E-state index >= 15 is 0 Å². The highest BCUT2D eigenvalue weighted by molar-refractivity contribution is 5.30. The van der Waals surface area contributed by atoms with Crippen LogP contribution in [0.25, 0.3) is 0 Å². The van der Waals surface area contributed by atoms with Gasteiger partial charge in [-0.1, -0.05) is 29.3 Å². The normalized spacial score (nSPS) is 19.7. The molecule has 1 aromatic carbocycles. The Bertz CT molecular complexity index is 464. The van der Waals surface area contributed by atoms with Crippen LogP contribution in [0.2, 0.25) is 0 Å². The van der Waals surface area contributed by atoms with Gasteiger partial charge in [-0.3, -0.25) is 0 Å². The number of aryl methyl sites for hydroxylation is 2. The molecule has 23 heavy (non-hydrogen) atoms. The Labute approximate surface area is 140 Å². The minimum Gasteiger partial charge on any atom is -0.389 e. The first kappa shape index (κ1) is 18.4. The molecule has 1 aromatic rings. The van der Waals surface area contributed by atoms with Crippen LogP contribution in [0, 0.1) is 13.8 Å². The number of hydrogen-bond acceptors (Lipinski definition) is 4. The van der Waals surface area contributed by atoms with Gasteiger partial charge in [0.1, 0.15) is 0 Å². The molecule has 2 rings (SSSR count). The summed E-state index contributed by atoms with van der Waals surface area (Å²) in [5.74, 6) is 0. The molecule has 2 N–H and O–H groups in total. The summed E-state index contributed by atoms with van der Waals surface area (Å²) in [5, 5.41) is 13.6. The summed E-state index contributed by atoms with van der Waals surface area (Å²) in [4.78, 5) is 2.34. The third-order valence-corrected chi connectivity index (χ3v) is 4.65. The second-order valence-corrected chi connectivity index (χ2v) is 6.99. The maximum absolute atomic E-state index is 9.83. The highest BCUT2D eigenvalue weighted by Gasteiger charge is 2.22. The lowest BCUT2D eigenvalue weighted by molar-refractivity contribution is 0.0308. The maximum atomic E-state index is 9.83. The van der Waals surface area contributed by atoms with Crippen LogP contribution >= 0.6 is 0 Å². The summed E-state index contributed by atoms with van der Waals surface area (Å²) in [6.45, 7) is 9.79. The molecule has 0 aromatic heterocycles. The zero-order chi connectivity index (χ0) is 16.8. The van der Waals surface area contributed by atoms with E-state index in [1.807, 2.05) is 0 Å². The quantitative estimate of drug-likeness (QED) is 0.810. The summed E-state index contributed by atoms with van der Waals surface area (Å²) >= 11 is 0. The van der Waals surface area contributed by atoms with Gasteiger partial charge in [-0.2, -0.15) is 0 Å². The van der Waals surface area contributed by atoms with Gasteiger partial charge in [-0.05, 0) is 52.3 Å². The lowest BCUT2D eigenvalue weighted by Crippen LogP contribution is -2.46. The highest BCUT2D eigenvalue weighted by atomic mass is 16.5. The Morgan fingerprint density at radius 3 is 2.39 bits per heavy atom. The second-order valence-electron chi connectivity index (χ2n) is 6.99. The number of ether oxygens (including phenoxy) is 1. The molecule has 0 aliphatic carbocycles. The minimum atomic E-state index is -0.376. The Hall–Kier alpha value is -0.940. The van der Waals surface area contributed by atoms with E-state index in [0.29, 0.717) is 25.2 Å². The van der Waals surface area contributed by atoms with E-state index in [0.717, 1.165) is 25.9 Å². The molecule has 2 unspecified atom stereocenters. The maximum Gasteiger partial charge on any atom is 0.0900 e. The molecule has 130 valence electrons. The third kappa shape index (κ3) is 5.88. The van der Waals surface area contributed by atoms with Crippen molar-refractivity contribution in [3.8, 4) is 0 Å². The van der Waals surface area contributed by atoms with Gasteiger partial charge in [0.25, 0.3) is 0 Å². The first-order valence-electron chi connectivity index (χ1n) is 8.71.